The van der Waals surface area contributed by atoms with Gasteiger partial charge in [-0.2, -0.15) is 0 Å². The van der Waals surface area contributed by atoms with Crippen LogP contribution in [-0.4, -0.2) is 22.6 Å². The number of nitrogens with two attached hydrogens (primary N) is 1. The maximum Gasteiger partial charge on any atom is 0.307 e. The summed E-state index contributed by atoms with van der Waals surface area (Å²) in [5.41, 5.74) is 6.23. The molecule has 108 valence electrons. The minimum atomic E-state index is -0.397. The SMILES string of the molecule is Cc1csc(=O)n1CCC(=O)NC(C)(CN)C(C)C. The van der Waals surface area contributed by atoms with E-state index in [1.54, 1.807) is 9.95 Å². The van der Waals surface area contributed by atoms with Crippen molar-refractivity contribution in [3.63, 3.8) is 0 Å². The van der Waals surface area contributed by atoms with Crippen LogP contribution in [0.5, 0.6) is 0 Å². The molecule has 0 spiro atoms. The lowest BCUT2D eigenvalue weighted by atomic mass is 9.88. The average Bonchev–Trinajstić information content (AvgIpc) is 2.66. The molecule has 1 amide bonds. The normalized spacial score (nSPS) is 14.4. The van der Waals surface area contributed by atoms with Crippen LogP contribution >= 0.6 is 11.3 Å². The average molecular weight is 285 g/mol. The van der Waals surface area contributed by atoms with Gasteiger partial charge in [0.05, 0.1) is 5.54 Å². The van der Waals surface area contributed by atoms with Gasteiger partial charge in [-0.1, -0.05) is 25.2 Å². The highest BCUT2D eigenvalue weighted by molar-refractivity contribution is 7.07. The van der Waals surface area contributed by atoms with Gasteiger partial charge in [0.2, 0.25) is 5.91 Å². The number of thiazole rings is 1. The van der Waals surface area contributed by atoms with Gasteiger partial charge in [0.15, 0.2) is 0 Å². The fourth-order valence-electron chi connectivity index (χ4n) is 1.70. The summed E-state index contributed by atoms with van der Waals surface area (Å²) in [6.07, 6.45) is 0.291. The number of carbonyl (C=O) groups excluding carboxylic acids is 1. The standard InChI is InChI=1S/C13H23N3O2S/c1-9(2)13(4,8-14)15-11(17)5-6-16-10(3)7-19-12(16)18/h7,9H,5-6,8,14H2,1-4H3,(H,15,17). The maximum atomic E-state index is 12.0. The van der Waals surface area contributed by atoms with Gasteiger partial charge in [-0.3, -0.25) is 9.59 Å². The molecule has 0 fully saturated rings. The predicted molar refractivity (Wildman–Crippen MR) is 78.4 cm³/mol. The smallest absolute Gasteiger partial charge is 0.307 e. The molecule has 0 aliphatic carbocycles. The van der Waals surface area contributed by atoms with Crippen LogP contribution in [0.25, 0.3) is 0 Å². The molecule has 19 heavy (non-hydrogen) atoms. The number of hydrogen-bond donors (Lipinski definition) is 2. The zero-order chi connectivity index (χ0) is 14.6. The van der Waals surface area contributed by atoms with Gasteiger partial charge in [0.25, 0.3) is 0 Å². The molecular formula is C13H23N3O2S. The van der Waals surface area contributed by atoms with Gasteiger partial charge < -0.3 is 15.6 Å². The predicted octanol–water partition coefficient (Wildman–Crippen LogP) is 1.10. The zero-order valence-corrected chi connectivity index (χ0v) is 12.8. The van der Waals surface area contributed by atoms with Crippen LogP contribution in [0.2, 0.25) is 0 Å². The highest BCUT2D eigenvalue weighted by Crippen LogP contribution is 2.15. The van der Waals surface area contributed by atoms with Crippen LogP contribution in [0.3, 0.4) is 0 Å². The first-order valence-electron chi connectivity index (χ1n) is 6.46. The Labute approximate surface area is 117 Å². The van der Waals surface area contributed by atoms with Crippen molar-refractivity contribution in [2.24, 2.45) is 11.7 Å². The fourth-order valence-corrected chi connectivity index (χ4v) is 2.46. The number of aromatic nitrogens is 1. The van der Waals surface area contributed by atoms with Crippen LogP contribution in [0.4, 0.5) is 0 Å². The Morgan fingerprint density at radius 2 is 2.21 bits per heavy atom. The lowest BCUT2D eigenvalue weighted by Gasteiger charge is -2.33. The molecule has 6 heteroatoms. The summed E-state index contributed by atoms with van der Waals surface area (Å²) in [6.45, 7) is 8.68. The van der Waals surface area contributed by atoms with Crippen molar-refractivity contribution in [1.29, 1.82) is 0 Å². The highest BCUT2D eigenvalue weighted by Gasteiger charge is 2.28. The third-order valence-corrected chi connectivity index (χ3v) is 4.54. The van der Waals surface area contributed by atoms with E-state index in [1.165, 1.54) is 0 Å². The van der Waals surface area contributed by atoms with Gasteiger partial charge in [-0.05, 0) is 19.8 Å². The van der Waals surface area contributed by atoms with E-state index in [4.69, 9.17) is 5.73 Å². The second-order valence-electron chi connectivity index (χ2n) is 5.37. The number of nitrogens with zero attached hydrogens (tertiary/aromatic N) is 1. The molecule has 0 aliphatic heterocycles. The van der Waals surface area contributed by atoms with E-state index in [9.17, 15) is 9.59 Å². The molecule has 1 aromatic rings. The lowest BCUT2D eigenvalue weighted by molar-refractivity contribution is -0.123. The van der Waals surface area contributed by atoms with E-state index >= 15 is 0 Å². The van der Waals surface area contributed by atoms with Gasteiger partial charge in [-0.15, -0.1) is 0 Å². The van der Waals surface area contributed by atoms with Crippen molar-refractivity contribution in [3.05, 3.63) is 20.7 Å². The van der Waals surface area contributed by atoms with Crippen LogP contribution in [-0.2, 0) is 11.3 Å². The van der Waals surface area contributed by atoms with Crippen molar-refractivity contribution in [1.82, 2.24) is 9.88 Å². The van der Waals surface area contributed by atoms with E-state index in [1.807, 2.05) is 27.7 Å². The monoisotopic (exact) mass is 285 g/mol. The van der Waals surface area contributed by atoms with E-state index in [-0.39, 0.29) is 16.7 Å². The first-order valence-corrected chi connectivity index (χ1v) is 7.34. The van der Waals surface area contributed by atoms with Crippen LogP contribution < -0.4 is 15.9 Å². The number of amides is 1. The number of hydrogen-bond acceptors (Lipinski definition) is 4. The molecule has 0 radical (unpaired) electrons. The summed E-state index contributed by atoms with van der Waals surface area (Å²) in [5.74, 6) is 0.186. The quantitative estimate of drug-likeness (QED) is 0.821. The fraction of sp³-hybridized carbons (Fsp3) is 0.692. The molecule has 3 N–H and O–H groups in total. The van der Waals surface area contributed by atoms with Gasteiger partial charge in [0.1, 0.15) is 0 Å². The first-order chi connectivity index (χ1) is 8.80. The summed E-state index contributed by atoms with van der Waals surface area (Å²) < 4.78 is 1.62. The topological polar surface area (TPSA) is 77.1 Å². The molecule has 0 aromatic carbocycles. The molecule has 1 atom stereocenters. The maximum absolute atomic E-state index is 12.0. The van der Waals surface area contributed by atoms with E-state index < -0.39 is 5.54 Å². The number of carbonyl (C=O) groups is 1. The van der Waals surface area contributed by atoms with Gasteiger partial charge in [0, 0.05) is 30.6 Å². The Hall–Kier alpha value is -1.14. The first kappa shape index (κ1) is 15.9. The van der Waals surface area contributed by atoms with E-state index in [2.05, 4.69) is 5.32 Å². The van der Waals surface area contributed by atoms with Gasteiger partial charge >= 0.3 is 4.87 Å². The summed E-state index contributed by atoms with van der Waals surface area (Å²) in [6, 6.07) is 0. The summed E-state index contributed by atoms with van der Waals surface area (Å²) in [7, 11) is 0. The molecule has 0 saturated carbocycles. The summed E-state index contributed by atoms with van der Waals surface area (Å²) >= 11 is 1.16. The highest BCUT2D eigenvalue weighted by atomic mass is 32.1. The minimum absolute atomic E-state index is 0.0178. The Kier molecular flexibility index (Phi) is 5.31. The Bertz CT molecular complexity index is 492. The van der Waals surface area contributed by atoms with Crippen molar-refractivity contribution >= 4 is 17.2 Å². The molecule has 1 heterocycles. The van der Waals surface area contributed by atoms with Crippen molar-refractivity contribution in [3.8, 4) is 0 Å². The Balaban J connectivity index is 2.60. The van der Waals surface area contributed by atoms with Crippen molar-refractivity contribution in [2.75, 3.05) is 6.54 Å². The molecular weight excluding hydrogens is 262 g/mol. The summed E-state index contributed by atoms with van der Waals surface area (Å²) in [4.78, 5) is 23.5. The number of rotatable bonds is 6. The second kappa shape index (κ2) is 6.34. The molecule has 5 nitrogen and oxygen atoms in total. The van der Waals surface area contributed by atoms with Crippen LogP contribution in [0, 0.1) is 12.8 Å². The third kappa shape index (κ3) is 3.91. The molecule has 1 unspecified atom stereocenters. The second-order valence-corrected chi connectivity index (χ2v) is 6.19. The molecule has 1 rings (SSSR count). The Morgan fingerprint density at radius 1 is 1.58 bits per heavy atom. The number of nitrogens with one attached hydrogen (secondary N) is 1. The molecule has 0 aliphatic rings. The summed E-state index contributed by atoms with van der Waals surface area (Å²) in [5, 5.41) is 4.77. The molecule has 0 bridgehead atoms. The van der Waals surface area contributed by atoms with Crippen LogP contribution in [0.1, 0.15) is 32.9 Å². The van der Waals surface area contributed by atoms with Crippen molar-refractivity contribution < 1.29 is 4.79 Å². The van der Waals surface area contributed by atoms with Crippen LogP contribution in [0.15, 0.2) is 10.2 Å². The lowest BCUT2D eigenvalue weighted by Crippen LogP contribution is -2.55. The molecule has 1 aromatic heterocycles. The van der Waals surface area contributed by atoms with E-state index in [0.29, 0.717) is 19.5 Å². The number of aryl methyl sites for hydroxylation is 1. The largest absolute Gasteiger partial charge is 0.349 e. The van der Waals surface area contributed by atoms with E-state index in [0.717, 1.165) is 17.0 Å². The molecule has 0 saturated heterocycles. The Morgan fingerprint density at radius 3 is 2.63 bits per heavy atom. The zero-order valence-electron chi connectivity index (χ0n) is 12.0. The van der Waals surface area contributed by atoms with Gasteiger partial charge in [-0.25, -0.2) is 0 Å². The third-order valence-electron chi connectivity index (χ3n) is 3.66. The minimum Gasteiger partial charge on any atom is -0.349 e. The van der Waals surface area contributed by atoms with Crippen molar-refractivity contribution in [2.45, 2.75) is 46.2 Å².